The summed E-state index contributed by atoms with van der Waals surface area (Å²) in [4.78, 5) is 0. The number of rotatable bonds is 2. The molecule has 1 heterocycles. The second-order valence-electron chi connectivity index (χ2n) is 3.25. The maximum absolute atomic E-state index is 9.02. The van der Waals surface area contributed by atoms with Gasteiger partial charge in [0.05, 0.1) is 6.10 Å². The van der Waals surface area contributed by atoms with Crippen molar-refractivity contribution in [3.05, 3.63) is 0 Å². The lowest BCUT2D eigenvalue weighted by Gasteiger charge is -2.16. The Hall–Kier alpha value is -0.0151. The zero-order chi connectivity index (χ0) is 8.43. The molecule has 0 aliphatic carbocycles. The van der Waals surface area contributed by atoms with Gasteiger partial charge in [0.1, 0.15) is 7.85 Å². The van der Waals surface area contributed by atoms with Gasteiger partial charge in [0.25, 0.3) is 0 Å². The molecule has 1 aliphatic heterocycles. The fourth-order valence-corrected chi connectivity index (χ4v) is 1.69. The first-order valence-corrected chi connectivity index (χ1v) is 4.22. The summed E-state index contributed by atoms with van der Waals surface area (Å²) in [7, 11) is 5.68. The predicted molar refractivity (Wildman–Crippen MR) is 44.4 cm³/mol. The summed E-state index contributed by atoms with van der Waals surface area (Å²) in [6.45, 7) is 4.27. The van der Waals surface area contributed by atoms with Crippen molar-refractivity contribution in [3.8, 4) is 0 Å². The second kappa shape index (κ2) is 3.59. The molecule has 0 saturated carbocycles. The first kappa shape index (κ1) is 9.08. The molecule has 0 bridgehead atoms. The summed E-state index contributed by atoms with van der Waals surface area (Å²) in [6, 6.07) is -0.183. The van der Waals surface area contributed by atoms with Crippen molar-refractivity contribution in [2.45, 2.75) is 32.4 Å². The van der Waals surface area contributed by atoms with E-state index in [-0.39, 0.29) is 30.5 Å². The first-order chi connectivity index (χ1) is 5.20. The summed E-state index contributed by atoms with van der Waals surface area (Å²) in [5.41, 5.74) is 0. The van der Waals surface area contributed by atoms with E-state index in [0.29, 0.717) is 0 Å². The molecule has 1 N–H and O–H groups in total. The third kappa shape index (κ3) is 1.59. The van der Waals surface area contributed by atoms with Crippen LogP contribution in [0.4, 0.5) is 0 Å². The molecule has 11 heavy (non-hydrogen) atoms. The maximum atomic E-state index is 9.02. The molecule has 1 fully saturated rings. The Morgan fingerprint density at radius 3 is 2.55 bits per heavy atom. The number of aliphatic hydroxyl groups is 1. The van der Waals surface area contributed by atoms with Gasteiger partial charge in [-0.05, 0) is 12.3 Å². The van der Waals surface area contributed by atoms with Crippen LogP contribution in [0.1, 0.15) is 20.3 Å². The Kier molecular flexibility index (Phi) is 2.96. The minimum absolute atomic E-state index is 0.157. The Morgan fingerprint density at radius 1 is 1.55 bits per heavy atom. The van der Waals surface area contributed by atoms with Crippen molar-refractivity contribution in [1.82, 2.24) is 0 Å². The number of ether oxygens (including phenoxy) is 1. The summed E-state index contributed by atoms with van der Waals surface area (Å²) in [5.74, 6) is 0.514. The minimum atomic E-state index is -0.183. The van der Waals surface area contributed by atoms with Gasteiger partial charge in [0.2, 0.25) is 0 Å². The predicted octanol–water partition coefficient (Wildman–Crippen LogP) is 0.534. The second-order valence-corrected chi connectivity index (χ2v) is 3.25. The fraction of sp³-hybridized carbons (Fsp3) is 1.00. The van der Waals surface area contributed by atoms with E-state index in [1.54, 1.807) is 0 Å². The van der Waals surface area contributed by atoms with E-state index in [1.807, 2.05) is 6.92 Å². The molecule has 1 rings (SSSR count). The molecule has 1 saturated heterocycles. The van der Waals surface area contributed by atoms with Gasteiger partial charge in [-0.3, -0.25) is 0 Å². The van der Waals surface area contributed by atoms with Crippen LogP contribution in [0.3, 0.4) is 0 Å². The van der Waals surface area contributed by atoms with E-state index >= 15 is 0 Å². The average Bonchev–Trinajstić information content (AvgIpc) is 2.28. The normalized spacial score (nSPS) is 44.6. The number of hydrogen-bond acceptors (Lipinski definition) is 2. The zero-order valence-electron chi connectivity index (χ0n) is 7.16. The van der Waals surface area contributed by atoms with Crippen molar-refractivity contribution in [3.63, 3.8) is 0 Å². The van der Waals surface area contributed by atoms with Crippen LogP contribution in [0.25, 0.3) is 0 Å². The van der Waals surface area contributed by atoms with Gasteiger partial charge in [0.15, 0.2) is 0 Å². The van der Waals surface area contributed by atoms with Crippen molar-refractivity contribution in [1.29, 1.82) is 0 Å². The molecule has 4 atom stereocenters. The van der Waals surface area contributed by atoms with Crippen LogP contribution in [-0.4, -0.2) is 31.7 Å². The largest absolute Gasteiger partial charge is 0.396 e. The summed E-state index contributed by atoms with van der Waals surface area (Å²) >= 11 is 0. The molecule has 0 aromatic rings. The van der Waals surface area contributed by atoms with Crippen molar-refractivity contribution in [2.75, 3.05) is 6.61 Å². The molecular weight excluding hydrogens is 139 g/mol. The van der Waals surface area contributed by atoms with Gasteiger partial charge in [-0.15, -0.1) is 0 Å². The van der Waals surface area contributed by atoms with Gasteiger partial charge in [-0.25, -0.2) is 0 Å². The minimum Gasteiger partial charge on any atom is -0.396 e. The highest BCUT2D eigenvalue weighted by molar-refractivity contribution is 6.11. The summed E-state index contributed by atoms with van der Waals surface area (Å²) < 4.78 is 5.44. The lowest BCUT2D eigenvalue weighted by atomic mass is 9.81. The SMILES string of the molecule is [B][C@@H]1O[C@H](CC)[C@H](CO)C1C. The molecule has 2 nitrogen and oxygen atoms in total. The fourth-order valence-electron chi connectivity index (χ4n) is 1.69. The van der Waals surface area contributed by atoms with Gasteiger partial charge < -0.3 is 9.84 Å². The van der Waals surface area contributed by atoms with Crippen molar-refractivity contribution in [2.24, 2.45) is 11.8 Å². The topological polar surface area (TPSA) is 29.5 Å². The van der Waals surface area contributed by atoms with Gasteiger partial charge in [-0.2, -0.15) is 0 Å². The van der Waals surface area contributed by atoms with E-state index in [4.69, 9.17) is 17.7 Å². The van der Waals surface area contributed by atoms with E-state index in [0.717, 1.165) is 6.42 Å². The number of aliphatic hydroxyl groups excluding tert-OH is 1. The van der Waals surface area contributed by atoms with Crippen LogP contribution in [0.5, 0.6) is 0 Å². The van der Waals surface area contributed by atoms with Crippen molar-refractivity contribution < 1.29 is 9.84 Å². The van der Waals surface area contributed by atoms with Gasteiger partial charge in [0, 0.05) is 18.5 Å². The average molecular weight is 154 g/mol. The van der Waals surface area contributed by atoms with Crippen LogP contribution in [0.15, 0.2) is 0 Å². The van der Waals surface area contributed by atoms with Crippen LogP contribution >= 0.6 is 0 Å². The van der Waals surface area contributed by atoms with Gasteiger partial charge >= 0.3 is 0 Å². The van der Waals surface area contributed by atoms with Crippen LogP contribution in [0, 0.1) is 11.8 Å². The third-order valence-corrected chi connectivity index (χ3v) is 2.62. The Bertz CT molecular complexity index is 129. The molecular formula is C8H15BO2. The Labute approximate surface area is 69.3 Å². The highest BCUT2D eigenvalue weighted by Crippen LogP contribution is 2.31. The monoisotopic (exact) mass is 154 g/mol. The number of hydrogen-bond donors (Lipinski definition) is 1. The Morgan fingerprint density at radius 2 is 2.18 bits per heavy atom. The van der Waals surface area contributed by atoms with E-state index in [1.165, 1.54) is 0 Å². The summed E-state index contributed by atoms with van der Waals surface area (Å²) in [6.07, 6.45) is 1.09. The Balaban J connectivity index is 2.57. The smallest absolute Gasteiger partial charge is 0.109 e. The quantitative estimate of drug-likeness (QED) is 0.588. The lowest BCUT2D eigenvalue weighted by molar-refractivity contribution is 0.0551. The lowest BCUT2D eigenvalue weighted by Crippen LogP contribution is -2.22. The van der Waals surface area contributed by atoms with Crippen molar-refractivity contribution >= 4 is 7.85 Å². The van der Waals surface area contributed by atoms with Crippen LogP contribution < -0.4 is 0 Å². The molecule has 0 amide bonds. The molecule has 2 radical (unpaired) electrons. The van der Waals surface area contributed by atoms with Crippen LogP contribution in [0.2, 0.25) is 0 Å². The molecule has 3 heteroatoms. The molecule has 1 unspecified atom stereocenters. The standard InChI is InChI=1S/C8H15BO2/c1-3-7-6(4-10)5(2)8(9)11-7/h5-8,10H,3-4H2,1-2H3/t5?,6-,7-,8-/m1/s1. The van der Waals surface area contributed by atoms with E-state index in [2.05, 4.69) is 6.92 Å². The first-order valence-electron chi connectivity index (χ1n) is 4.22. The molecule has 0 aromatic heterocycles. The molecule has 0 aromatic carbocycles. The highest BCUT2D eigenvalue weighted by Gasteiger charge is 2.37. The maximum Gasteiger partial charge on any atom is 0.109 e. The molecule has 0 spiro atoms. The molecule has 62 valence electrons. The highest BCUT2D eigenvalue weighted by atomic mass is 16.5. The zero-order valence-corrected chi connectivity index (χ0v) is 7.16. The van der Waals surface area contributed by atoms with E-state index in [9.17, 15) is 0 Å². The van der Waals surface area contributed by atoms with Gasteiger partial charge in [-0.1, -0.05) is 13.8 Å². The third-order valence-electron chi connectivity index (χ3n) is 2.62. The van der Waals surface area contributed by atoms with E-state index < -0.39 is 0 Å². The molecule has 1 aliphatic rings. The van der Waals surface area contributed by atoms with Crippen LogP contribution in [-0.2, 0) is 4.74 Å². The summed E-state index contributed by atoms with van der Waals surface area (Å²) in [5, 5.41) is 9.02.